The zero-order valence-electron chi connectivity index (χ0n) is 13.4. The van der Waals surface area contributed by atoms with E-state index in [9.17, 15) is 22.8 Å². The number of halogens is 3. The Balaban J connectivity index is 1.75. The number of rotatable bonds is 4. The third kappa shape index (κ3) is 3.68. The summed E-state index contributed by atoms with van der Waals surface area (Å²) < 4.78 is 40.1. The molecule has 3 rings (SSSR count). The lowest BCUT2D eigenvalue weighted by Gasteiger charge is -2.12. The maximum absolute atomic E-state index is 13.1. The van der Waals surface area contributed by atoms with Crippen LogP contribution in [0.4, 0.5) is 13.2 Å². The molecule has 1 heterocycles. The number of carbonyl (C=O) groups excluding carboxylic acids is 1. The maximum atomic E-state index is 13.1. The molecule has 1 aliphatic rings. The van der Waals surface area contributed by atoms with E-state index in [-0.39, 0.29) is 17.4 Å². The summed E-state index contributed by atoms with van der Waals surface area (Å²) in [7, 11) is 0. The minimum atomic E-state index is -4.57. The topological polar surface area (TPSA) is 97.1 Å². The molecule has 1 aromatic carbocycles. The number of aliphatic carboxylic acids is 1. The van der Waals surface area contributed by atoms with Crippen molar-refractivity contribution in [3.05, 3.63) is 41.7 Å². The van der Waals surface area contributed by atoms with E-state index in [1.165, 1.54) is 18.2 Å². The Morgan fingerprint density at radius 3 is 2.62 bits per heavy atom. The minimum Gasteiger partial charge on any atom is -0.481 e. The molecule has 1 saturated carbocycles. The average molecular weight is 368 g/mol. The van der Waals surface area contributed by atoms with Crippen LogP contribution in [0.2, 0.25) is 0 Å². The molecule has 26 heavy (non-hydrogen) atoms. The Morgan fingerprint density at radius 1 is 1.23 bits per heavy atom. The van der Waals surface area contributed by atoms with E-state index in [2.05, 4.69) is 15.6 Å². The van der Waals surface area contributed by atoms with Gasteiger partial charge in [0.25, 0.3) is 5.91 Å². The number of benzene rings is 1. The predicted octanol–water partition coefficient (Wildman–Crippen LogP) is 2.27. The fraction of sp³-hybridized carbons (Fsp3) is 0.375. The average Bonchev–Trinajstić information content (AvgIpc) is 3.23. The number of hydrogen-bond donors (Lipinski definition) is 2. The number of carboxylic acid groups (broad SMARTS) is 1. The smallest absolute Gasteiger partial charge is 0.418 e. The first-order chi connectivity index (χ1) is 12.3. The number of aromatic nitrogens is 3. The second-order valence-electron chi connectivity index (χ2n) is 6.08. The van der Waals surface area contributed by atoms with Crippen molar-refractivity contribution in [1.82, 2.24) is 20.3 Å². The minimum absolute atomic E-state index is 0.138. The number of carbonyl (C=O) groups is 2. The quantitative estimate of drug-likeness (QED) is 0.863. The molecule has 1 aromatic heterocycles. The van der Waals surface area contributed by atoms with Gasteiger partial charge in [0, 0.05) is 6.04 Å². The Labute approximate surface area is 145 Å². The van der Waals surface area contributed by atoms with Crippen LogP contribution in [-0.4, -0.2) is 38.0 Å². The standard InChI is InChI=1S/C16H15F3N4O3/c17-16(18,19)11-3-1-2-4-13(11)23-8-12(21-22-23)14(24)20-10-6-5-9(7-10)15(25)26/h1-4,8-10H,5-7H2,(H,20,24)(H,25,26)/t9-,10+/m0/s1. The normalized spacial score (nSPS) is 20.1. The number of para-hydroxylation sites is 1. The van der Waals surface area contributed by atoms with Gasteiger partial charge in [-0.2, -0.15) is 13.2 Å². The monoisotopic (exact) mass is 368 g/mol. The van der Waals surface area contributed by atoms with Gasteiger partial charge >= 0.3 is 12.1 Å². The maximum Gasteiger partial charge on any atom is 0.418 e. The van der Waals surface area contributed by atoms with Crippen LogP contribution in [-0.2, 0) is 11.0 Å². The van der Waals surface area contributed by atoms with E-state index >= 15 is 0 Å². The first-order valence-electron chi connectivity index (χ1n) is 7.88. The van der Waals surface area contributed by atoms with E-state index in [1.54, 1.807) is 0 Å². The third-order valence-electron chi connectivity index (χ3n) is 4.30. The predicted molar refractivity (Wildman–Crippen MR) is 82.6 cm³/mol. The van der Waals surface area contributed by atoms with Crippen molar-refractivity contribution in [1.29, 1.82) is 0 Å². The molecule has 0 radical (unpaired) electrons. The van der Waals surface area contributed by atoms with Gasteiger partial charge in [-0.3, -0.25) is 9.59 Å². The highest BCUT2D eigenvalue weighted by atomic mass is 19.4. The van der Waals surface area contributed by atoms with Crippen molar-refractivity contribution in [3.8, 4) is 5.69 Å². The van der Waals surface area contributed by atoms with E-state index in [1.807, 2.05) is 0 Å². The molecule has 0 unspecified atom stereocenters. The van der Waals surface area contributed by atoms with Gasteiger partial charge in [-0.15, -0.1) is 5.10 Å². The summed E-state index contributed by atoms with van der Waals surface area (Å²) in [6, 6.07) is 4.53. The fourth-order valence-corrected chi connectivity index (χ4v) is 2.99. The number of amides is 1. The lowest BCUT2D eigenvalue weighted by Crippen LogP contribution is -2.33. The zero-order valence-corrected chi connectivity index (χ0v) is 13.4. The van der Waals surface area contributed by atoms with Crippen molar-refractivity contribution in [2.45, 2.75) is 31.5 Å². The van der Waals surface area contributed by atoms with E-state index in [0.29, 0.717) is 19.3 Å². The molecule has 1 aliphatic carbocycles. The van der Waals surface area contributed by atoms with E-state index in [0.717, 1.165) is 16.9 Å². The van der Waals surface area contributed by atoms with E-state index < -0.39 is 29.5 Å². The summed E-state index contributed by atoms with van der Waals surface area (Å²) in [5, 5.41) is 18.9. The van der Waals surface area contributed by atoms with Gasteiger partial charge in [-0.25, -0.2) is 4.68 Å². The van der Waals surface area contributed by atoms with Gasteiger partial charge < -0.3 is 10.4 Å². The van der Waals surface area contributed by atoms with E-state index in [4.69, 9.17) is 5.11 Å². The molecule has 2 atom stereocenters. The van der Waals surface area contributed by atoms with Gasteiger partial charge in [0.15, 0.2) is 5.69 Å². The van der Waals surface area contributed by atoms with Crippen molar-refractivity contribution < 1.29 is 27.9 Å². The van der Waals surface area contributed by atoms with Crippen LogP contribution < -0.4 is 5.32 Å². The fourth-order valence-electron chi connectivity index (χ4n) is 2.99. The molecule has 2 N–H and O–H groups in total. The number of carboxylic acids is 1. The summed E-state index contributed by atoms with van der Waals surface area (Å²) in [5.41, 5.74) is -1.27. The Morgan fingerprint density at radius 2 is 1.96 bits per heavy atom. The van der Waals surface area contributed by atoms with Crippen LogP contribution in [0, 0.1) is 5.92 Å². The molecule has 10 heteroatoms. The molecule has 1 amide bonds. The van der Waals surface area contributed by atoms with Crippen molar-refractivity contribution in [2.24, 2.45) is 5.92 Å². The summed E-state index contributed by atoms with van der Waals surface area (Å²) in [4.78, 5) is 23.2. The van der Waals surface area contributed by atoms with Crippen LogP contribution in [0.1, 0.15) is 35.3 Å². The van der Waals surface area contributed by atoms with Crippen molar-refractivity contribution in [3.63, 3.8) is 0 Å². The van der Waals surface area contributed by atoms with Crippen LogP contribution in [0.25, 0.3) is 5.69 Å². The highest BCUT2D eigenvalue weighted by Crippen LogP contribution is 2.33. The highest BCUT2D eigenvalue weighted by Gasteiger charge is 2.34. The number of alkyl halides is 3. The first-order valence-corrected chi connectivity index (χ1v) is 7.88. The van der Waals surface area contributed by atoms with Crippen LogP contribution >= 0.6 is 0 Å². The molecule has 7 nitrogen and oxygen atoms in total. The summed E-state index contributed by atoms with van der Waals surface area (Å²) in [6.45, 7) is 0. The number of nitrogens with zero attached hydrogens (tertiary/aromatic N) is 3. The third-order valence-corrected chi connectivity index (χ3v) is 4.30. The Bertz CT molecular complexity index is 834. The van der Waals surface area contributed by atoms with Crippen LogP contribution in [0.3, 0.4) is 0 Å². The summed E-state index contributed by atoms with van der Waals surface area (Å²) in [5.74, 6) is -2.01. The van der Waals surface area contributed by atoms with Gasteiger partial charge in [0.1, 0.15) is 0 Å². The van der Waals surface area contributed by atoms with Crippen molar-refractivity contribution >= 4 is 11.9 Å². The Hall–Kier alpha value is -2.91. The second kappa shape index (κ2) is 6.77. The summed E-state index contributed by atoms with van der Waals surface area (Å²) >= 11 is 0. The number of hydrogen-bond acceptors (Lipinski definition) is 4. The SMILES string of the molecule is O=C(N[C@@H]1CC[C@H](C(=O)O)C1)c1cn(-c2ccccc2C(F)(F)F)nn1. The molecule has 1 fully saturated rings. The van der Waals surface area contributed by atoms with Crippen molar-refractivity contribution in [2.75, 3.05) is 0 Å². The molecule has 0 bridgehead atoms. The lowest BCUT2D eigenvalue weighted by molar-refractivity contribution is -0.141. The number of nitrogens with one attached hydrogen (secondary N) is 1. The van der Waals surface area contributed by atoms with Gasteiger partial charge in [0.2, 0.25) is 0 Å². The second-order valence-corrected chi connectivity index (χ2v) is 6.08. The highest BCUT2D eigenvalue weighted by molar-refractivity contribution is 5.92. The summed E-state index contributed by atoms with van der Waals surface area (Å²) in [6.07, 6.45) is -2.16. The molecular weight excluding hydrogens is 353 g/mol. The lowest BCUT2D eigenvalue weighted by atomic mass is 10.1. The molecule has 2 aromatic rings. The Kier molecular flexibility index (Phi) is 4.66. The molecule has 0 aliphatic heterocycles. The van der Waals surface area contributed by atoms with Gasteiger partial charge in [0.05, 0.1) is 23.4 Å². The largest absolute Gasteiger partial charge is 0.481 e. The molecular formula is C16H15F3N4O3. The van der Waals surface area contributed by atoms with Crippen LogP contribution in [0.5, 0.6) is 0 Å². The molecule has 138 valence electrons. The molecule has 0 spiro atoms. The molecule has 0 saturated heterocycles. The van der Waals surface area contributed by atoms with Gasteiger partial charge in [-0.1, -0.05) is 17.3 Å². The van der Waals surface area contributed by atoms with Gasteiger partial charge in [-0.05, 0) is 31.4 Å². The zero-order chi connectivity index (χ0) is 18.9. The van der Waals surface area contributed by atoms with Crippen LogP contribution in [0.15, 0.2) is 30.5 Å². The first kappa shape index (κ1) is 17.9.